The van der Waals surface area contributed by atoms with Crippen LogP contribution in [0.1, 0.15) is 10.4 Å². The summed E-state index contributed by atoms with van der Waals surface area (Å²) in [6, 6.07) is 5.16. The van der Waals surface area contributed by atoms with Gasteiger partial charge in [0, 0.05) is 0 Å². The molecule has 1 aliphatic rings. The standard InChI is InChI=1S/C11H8N2O4/c14-5-8(11(16)17)13-10-9(15)6-3-1-2-4-7(6)12-10/h1-5,8H,(H,16,17)(H,12,13,15). The number of amidine groups is 1. The van der Waals surface area contributed by atoms with Gasteiger partial charge in [-0.1, -0.05) is 12.1 Å². The summed E-state index contributed by atoms with van der Waals surface area (Å²) in [5.41, 5.74) is 0.861. The molecule has 2 rings (SSSR count). The zero-order chi connectivity index (χ0) is 12.4. The molecule has 86 valence electrons. The zero-order valence-corrected chi connectivity index (χ0v) is 8.58. The minimum Gasteiger partial charge on any atom is -0.479 e. The predicted octanol–water partition coefficient (Wildman–Crippen LogP) is 0.155. The Kier molecular flexibility index (Phi) is 2.70. The molecule has 2 N–H and O–H groups in total. The molecule has 0 bridgehead atoms. The minimum atomic E-state index is -1.47. The van der Waals surface area contributed by atoms with Gasteiger partial charge in [0.25, 0.3) is 0 Å². The first-order valence-corrected chi connectivity index (χ1v) is 4.80. The number of aliphatic carboxylic acids is 1. The number of hydrogen-bond donors (Lipinski definition) is 2. The van der Waals surface area contributed by atoms with E-state index < -0.39 is 17.8 Å². The molecule has 0 spiro atoms. The highest BCUT2D eigenvalue weighted by Gasteiger charge is 2.28. The van der Waals surface area contributed by atoms with Crippen LogP contribution in [0.25, 0.3) is 0 Å². The topological polar surface area (TPSA) is 95.8 Å². The molecular formula is C11H8N2O4. The lowest BCUT2D eigenvalue weighted by Gasteiger charge is -2.07. The Morgan fingerprint density at radius 2 is 2.12 bits per heavy atom. The number of para-hydroxylation sites is 1. The second-order valence-corrected chi connectivity index (χ2v) is 3.40. The third-order valence-electron chi connectivity index (χ3n) is 2.29. The highest BCUT2D eigenvalue weighted by molar-refractivity contribution is 6.49. The van der Waals surface area contributed by atoms with Crippen molar-refractivity contribution in [3.8, 4) is 0 Å². The van der Waals surface area contributed by atoms with Gasteiger partial charge in [0.05, 0.1) is 11.3 Å². The van der Waals surface area contributed by atoms with Crippen LogP contribution >= 0.6 is 0 Å². The lowest BCUT2D eigenvalue weighted by molar-refractivity contribution is -0.140. The molecule has 1 aliphatic heterocycles. The number of Topliss-reactive ketones (excluding diaryl/α,β-unsaturated/α-hetero) is 1. The van der Waals surface area contributed by atoms with Crippen molar-refractivity contribution >= 4 is 29.6 Å². The summed E-state index contributed by atoms with van der Waals surface area (Å²) >= 11 is 0. The van der Waals surface area contributed by atoms with E-state index in [4.69, 9.17) is 5.11 Å². The van der Waals surface area contributed by atoms with E-state index in [1.807, 2.05) is 0 Å². The summed E-state index contributed by atoms with van der Waals surface area (Å²) in [5.74, 6) is -1.88. The highest BCUT2D eigenvalue weighted by Crippen LogP contribution is 2.25. The maximum atomic E-state index is 11.8. The van der Waals surface area contributed by atoms with Crippen LogP contribution in [0.4, 0.5) is 5.69 Å². The second kappa shape index (κ2) is 4.17. The molecule has 1 unspecified atom stereocenters. The quantitative estimate of drug-likeness (QED) is 0.571. The van der Waals surface area contributed by atoms with Crippen LogP contribution in [-0.4, -0.2) is 35.0 Å². The SMILES string of the molecule is O=CC(NC1=Nc2ccccc2C1=O)C(=O)O. The number of hydrogen-bond acceptors (Lipinski definition) is 5. The predicted molar refractivity (Wildman–Crippen MR) is 58.5 cm³/mol. The summed E-state index contributed by atoms with van der Waals surface area (Å²) in [4.78, 5) is 36.8. The van der Waals surface area contributed by atoms with Crippen molar-refractivity contribution < 1.29 is 19.5 Å². The van der Waals surface area contributed by atoms with Gasteiger partial charge in [-0.15, -0.1) is 0 Å². The number of aldehydes is 1. The third kappa shape index (κ3) is 1.92. The average molecular weight is 232 g/mol. The molecule has 17 heavy (non-hydrogen) atoms. The van der Waals surface area contributed by atoms with E-state index in [0.717, 1.165) is 0 Å². The Hall–Kier alpha value is -2.50. The fourth-order valence-corrected chi connectivity index (χ4v) is 1.46. The van der Waals surface area contributed by atoms with Crippen LogP contribution in [0.3, 0.4) is 0 Å². The molecule has 0 saturated heterocycles. The second-order valence-electron chi connectivity index (χ2n) is 3.40. The summed E-state index contributed by atoms with van der Waals surface area (Å²) in [6.07, 6.45) is 0.209. The number of carbonyl (C=O) groups excluding carboxylic acids is 2. The van der Waals surface area contributed by atoms with Crippen molar-refractivity contribution in [3.63, 3.8) is 0 Å². The minimum absolute atomic E-state index is 0.120. The van der Waals surface area contributed by atoms with E-state index in [9.17, 15) is 14.4 Å². The number of aliphatic imine (C=N–C) groups is 1. The first-order chi connectivity index (χ1) is 8.13. The Balaban J connectivity index is 2.24. The Morgan fingerprint density at radius 1 is 1.41 bits per heavy atom. The number of benzene rings is 1. The smallest absolute Gasteiger partial charge is 0.333 e. The molecule has 1 atom stereocenters. The van der Waals surface area contributed by atoms with Crippen molar-refractivity contribution in [1.29, 1.82) is 0 Å². The van der Waals surface area contributed by atoms with Crippen LogP contribution in [0.15, 0.2) is 29.3 Å². The van der Waals surface area contributed by atoms with E-state index in [0.29, 0.717) is 11.3 Å². The number of fused-ring (bicyclic) bond motifs is 1. The number of ketones is 1. The molecule has 0 fully saturated rings. The van der Waals surface area contributed by atoms with Gasteiger partial charge < -0.3 is 15.2 Å². The van der Waals surface area contributed by atoms with Gasteiger partial charge in [-0.2, -0.15) is 0 Å². The third-order valence-corrected chi connectivity index (χ3v) is 2.29. The molecule has 6 heteroatoms. The van der Waals surface area contributed by atoms with Crippen molar-refractivity contribution in [3.05, 3.63) is 29.8 Å². The van der Waals surface area contributed by atoms with Crippen molar-refractivity contribution in [2.24, 2.45) is 4.99 Å². The molecule has 0 amide bonds. The molecule has 0 radical (unpaired) electrons. The summed E-state index contributed by atoms with van der Waals surface area (Å²) < 4.78 is 0. The fourth-order valence-electron chi connectivity index (χ4n) is 1.46. The van der Waals surface area contributed by atoms with Gasteiger partial charge >= 0.3 is 5.97 Å². The first kappa shape index (κ1) is 11.0. The van der Waals surface area contributed by atoms with Crippen molar-refractivity contribution in [2.45, 2.75) is 6.04 Å². The molecule has 6 nitrogen and oxygen atoms in total. The normalized spacial score (nSPS) is 14.8. The lowest BCUT2D eigenvalue weighted by atomic mass is 10.1. The largest absolute Gasteiger partial charge is 0.479 e. The van der Waals surface area contributed by atoms with E-state index >= 15 is 0 Å². The number of nitrogens with one attached hydrogen (secondary N) is 1. The summed E-state index contributed by atoms with van der Waals surface area (Å²) in [7, 11) is 0. The van der Waals surface area contributed by atoms with Gasteiger partial charge in [-0.25, -0.2) is 9.79 Å². The zero-order valence-electron chi connectivity index (χ0n) is 8.58. The van der Waals surface area contributed by atoms with Crippen molar-refractivity contribution in [1.82, 2.24) is 5.32 Å². The number of carboxylic acid groups (broad SMARTS) is 1. The molecular weight excluding hydrogens is 224 g/mol. The van der Waals surface area contributed by atoms with Crippen LogP contribution in [-0.2, 0) is 9.59 Å². The fraction of sp³-hybridized carbons (Fsp3) is 0.0909. The molecule has 0 aromatic heterocycles. The van der Waals surface area contributed by atoms with Gasteiger partial charge in [-0.05, 0) is 12.1 Å². The van der Waals surface area contributed by atoms with E-state index in [1.165, 1.54) is 0 Å². The van der Waals surface area contributed by atoms with Crippen molar-refractivity contribution in [2.75, 3.05) is 0 Å². The van der Waals surface area contributed by atoms with Gasteiger partial charge in [0.1, 0.15) is 0 Å². The Labute approximate surface area is 96.0 Å². The number of carboxylic acids is 1. The van der Waals surface area contributed by atoms with E-state index in [1.54, 1.807) is 24.3 Å². The monoisotopic (exact) mass is 232 g/mol. The number of carbonyl (C=O) groups is 3. The average Bonchev–Trinajstić information content (AvgIpc) is 2.63. The van der Waals surface area contributed by atoms with Crippen LogP contribution < -0.4 is 5.32 Å². The Morgan fingerprint density at radius 3 is 2.71 bits per heavy atom. The maximum absolute atomic E-state index is 11.8. The summed E-state index contributed by atoms with van der Waals surface area (Å²) in [6.45, 7) is 0. The number of nitrogens with zero attached hydrogens (tertiary/aromatic N) is 1. The van der Waals surface area contributed by atoms with Crippen LogP contribution in [0.5, 0.6) is 0 Å². The Bertz CT molecular complexity index is 536. The van der Waals surface area contributed by atoms with E-state index in [2.05, 4.69) is 10.3 Å². The van der Waals surface area contributed by atoms with Crippen LogP contribution in [0, 0.1) is 0 Å². The lowest BCUT2D eigenvalue weighted by Crippen LogP contribution is -2.44. The summed E-state index contributed by atoms with van der Waals surface area (Å²) in [5, 5.41) is 11.0. The molecule has 0 aliphatic carbocycles. The maximum Gasteiger partial charge on any atom is 0.333 e. The molecule has 1 aromatic carbocycles. The molecule has 1 heterocycles. The molecule has 0 saturated carbocycles. The van der Waals surface area contributed by atoms with Gasteiger partial charge in [0.2, 0.25) is 5.78 Å². The highest BCUT2D eigenvalue weighted by atomic mass is 16.4. The van der Waals surface area contributed by atoms with Gasteiger partial charge in [0.15, 0.2) is 18.2 Å². The number of rotatable bonds is 3. The van der Waals surface area contributed by atoms with E-state index in [-0.39, 0.29) is 12.1 Å². The van der Waals surface area contributed by atoms with Gasteiger partial charge in [-0.3, -0.25) is 4.79 Å². The van der Waals surface area contributed by atoms with Crippen LogP contribution in [0.2, 0.25) is 0 Å². The first-order valence-electron chi connectivity index (χ1n) is 4.80. The molecule has 1 aromatic rings.